The molecule has 0 aromatic heterocycles. The van der Waals surface area contributed by atoms with Crippen LogP contribution in [0.25, 0.3) is 0 Å². The van der Waals surface area contributed by atoms with Gasteiger partial charge in [-0.1, -0.05) is 11.6 Å². The molecule has 2 heteroatoms. The maximum atomic E-state index is 10.4. The molecule has 0 heterocycles. The number of rotatable bonds is 0. The first kappa shape index (κ1) is 8.37. The summed E-state index contributed by atoms with van der Waals surface area (Å²) in [5.41, 5.74) is 5.73. The van der Waals surface area contributed by atoms with Gasteiger partial charge in [-0.25, -0.2) is 0 Å². The lowest BCUT2D eigenvalue weighted by Gasteiger charge is -1.80. The average Bonchev–Trinajstić information content (AvgIpc) is 2.20. The van der Waals surface area contributed by atoms with Crippen LogP contribution < -0.4 is 5.73 Å². The van der Waals surface area contributed by atoms with E-state index in [-0.39, 0.29) is 0 Å². The summed E-state index contributed by atoms with van der Waals surface area (Å²) in [6.07, 6.45) is 3.36. The van der Waals surface area contributed by atoms with Gasteiger partial charge in [-0.15, -0.1) is 0 Å². The Bertz CT molecular complexity index is 127. The molecule has 0 radical (unpaired) electrons. The highest BCUT2D eigenvalue weighted by Crippen LogP contribution is 2.11. The van der Waals surface area contributed by atoms with Gasteiger partial charge in [0.15, 0.2) is 0 Å². The summed E-state index contributed by atoms with van der Waals surface area (Å²) in [6.45, 7) is 1.99. The van der Waals surface area contributed by atoms with Gasteiger partial charge in [0.25, 0.3) is 0 Å². The minimum absolute atomic E-state index is 0.359. The Hall–Kier alpha value is -0.630. The Balaban J connectivity index is 0.000000291. The Morgan fingerprint density at radius 3 is 2.22 bits per heavy atom. The number of Topliss-reactive ketones (excluding diaryl/α,β-unsaturated/α-hetero) is 1. The molecule has 0 fully saturated rings. The molecule has 0 aliphatic heterocycles. The van der Waals surface area contributed by atoms with Crippen molar-refractivity contribution in [2.45, 2.75) is 19.8 Å². The van der Waals surface area contributed by atoms with Crippen LogP contribution in [0.15, 0.2) is 11.6 Å². The molecule has 0 saturated heterocycles. The van der Waals surface area contributed by atoms with E-state index < -0.39 is 0 Å². The lowest BCUT2D eigenvalue weighted by molar-refractivity contribution is -0.117. The van der Waals surface area contributed by atoms with E-state index in [2.05, 4.69) is 5.73 Å². The molecule has 0 aromatic rings. The topological polar surface area (TPSA) is 43.1 Å². The van der Waals surface area contributed by atoms with E-state index in [1.54, 1.807) is 0 Å². The van der Waals surface area contributed by atoms with Crippen molar-refractivity contribution < 1.29 is 4.79 Å². The lowest BCUT2D eigenvalue weighted by atomic mass is 10.3. The predicted octanol–water partition coefficient (Wildman–Crippen LogP) is 0.871. The summed E-state index contributed by atoms with van der Waals surface area (Å²) >= 11 is 0. The first-order chi connectivity index (χ1) is 4.29. The molecule has 0 amide bonds. The minimum atomic E-state index is 0.359. The van der Waals surface area contributed by atoms with E-state index in [0.29, 0.717) is 18.6 Å². The second-order valence-corrected chi connectivity index (χ2v) is 1.97. The number of ketones is 1. The summed E-state index contributed by atoms with van der Waals surface area (Å²) < 4.78 is 0. The van der Waals surface area contributed by atoms with Crippen LogP contribution in [0.5, 0.6) is 0 Å². The smallest absolute Gasteiger partial charge is 0.140 e. The van der Waals surface area contributed by atoms with Crippen molar-refractivity contribution in [2.75, 3.05) is 7.05 Å². The zero-order valence-corrected chi connectivity index (χ0v) is 5.98. The van der Waals surface area contributed by atoms with Gasteiger partial charge in [-0.3, -0.25) is 4.79 Å². The number of allylic oxidation sites excluding steroid dienone is 2. The van der Waals surface area contributed by atoms with E-state index in [1.807, 2.05) is 13.0 Å². The van der Waals surface area contributed by atoms with Crippen LogP contribution in [0.4, 0.5) is 0 Å². The number of hydrogen-bond donors (Lipinski definition) is 1. The molecular weight excluding hydrogens is 114 g/mol. The van der Waals surface area contributed by atoms with Gasteiger partial charge in [-0.2, -0.15) is 0 Å². The van der Waals surface area contributed by atoms with Gasteiger partial charge in [0.2, 0.25) is 0 Å². The van der Waals surface area contributed by atoms with Crippen LogP contribution in [0.3, 0.4) is 0 Å². The summed E-state index contributed by atoms with van der Waals surface area (Å²) in [4.78, 5) is 10.4. The van der Waals surface area contributed by atoms with Crippen LogP contribution in [0, 0.1) is 0 Å². The van der Waals surface area contributed by atoms with Crippen molar-refractivity contribution in [3.05, 3.63) is 11.6 Å². The van der Waals surface area contributed by atoms with Gasteiger partial charge >= 0.3 is 0 Å². The van der Waals surface area contributed by atoms with E-state index >= 15 is 0 Å². The molecule has 0 unspecified atom stereocenters. The third kappa shape index (κ3) is 3.03. The fourth-order valence-corrected chi connectivity index (χ4v) is 0.743. The maximum Gasteiger partial charge on any atom is 0.140 e. The number of carbonyl (C=O) groups excluding carboxylic acids is 1. The Kier molecular flexibility index (Phi) is 3.97. The van der Waals surface area contributed by atoms with Crippen molar-refractivity contribution in [3.8, 4) is 0 Å². The third-order valence-corrected chi connectivity index (χ3v) is 1.15. The maximum absolute atomic E-state index is 10.4. The molecule has 0 bridgehead atoms. The highest BCUT2D eigenvalue weighted by atomic mass is 16.1. The average molecular weight is 127 g/mol. The first-order valence-corrected chi connectivity index (χ1v) is 3.04. The van der Waals surface area contributed by atoms with E-state index in [9.17, 15) is 4.79 Å². The summed E-state index contributed by atoms with van der Waals surface area (Å²) in [7, 11) is 1.50. The van der Waals surface area contributed by atoms with Crippen molar-refractivity contribution in [2.24, 2.45) is 5.73 Å². The van der Waals surface area contributed by atoms with Crippen LogP contribution in [-0.4, -0.2) is 12.8 Å². The quantitative estimate of drug-likeness (QED) is 0.491. The van der Waals surface area contributed by atoms with Gasteiger partial charge < -0.3 is 5.73 Å². The zero-order chi connectivity index (χ0) is 7.28. The monoisotopic (exact) mass is 127 g/mol. The molecule has 1 aliphatic rings. The van der Waals surface area contributed by atoms with Crippen molar-refractivity contribution in [3.63, 3.8) is 0 Å². The molecule has 9 heavy (non-hydrogen) atoms. The predicted molar refractivity (Wildman–Crippen MR) is 38.1 cm³/mol. The summed E-state index contributed by atoms with van der Waals surface area (Å²) in [6, 6.07) is 0. The van der Waals surface area contributed by atoms with Crippen molar-refractivity contribution in [1.29, 1.82) is 0 Å². The Morgan fingerprint density at radius 2 is 2.11 bits per heavy atom. The normalized spacial score (nSPS) is 16.3. The number of hydrogen-bond acceptors (Lipinski definition) is 2. The molecule has 52 valence electrons. The molecule has 2 N–H and O–H groups in total. The third-order valence-electron chi connectivity index (χ3n) is 1.15. The van der Waals surface area contributed by atoms with Crippen molar-refractivity contribution in [1.82, 2.24) is 0 Å². The molecule has 1 rings (SSSR count). The van der Waals surface area contributed by atoms with Gasteiger partial charge in [0.05, 0.1) is 0 Å². The molecule has 0 atom stereocenters. The number of nitrogens with two attached hydrogens (primary N) is 1. The van der Waals surface area contributed by atoms with Crippen LogP contribution in [-0.2, 0) is 4.79 Å². The van der Waals surface area contributed by atoms with Crippen LogP contribution in [0.1, 0.15) is 19.8 Å². The van der Waals surface area contributed by atoms with E-state index in [1.165, 1.54) is 12.6 Å². The second kappa shape index (κ2) is 4.27. The summed E-state index contributed by atoms with van der Waals surface area (Å²) in [5.74, 6) is 0.359. The summed E-state index contributed by atoms with van der Waals surface area (Å²) in [5, 5.41) is 0. The molecule has 1 aliphatic carbocycles. The fourth-order valence-electron chi connectivity index (χ4n) is 0.743. The molecular formula is C7H13NO. The minimum Gasteiger partial charge on any atom is -0.333 e. The lowest BCUT2D eigenvalue weighted by Crippen LogP contribution is -1.85. The molecule has 2 nitrogen and oxygen atoms in total. The molecule has 0 spiro atoms. The van der Waals surface area contributed by atoms with Crippen molar-refractivity contribution >= 4 is 5.78 Å². The Labute approximate surface area is 55.7 Å². The van der Waals surface area contributed by atoms with Gasteiger partial charge in [0, 0.05) is 12.8 Å². The second-order valence-electron chi connectivity index (χ2n) is 1.97. The van der Waals surface area contributed by atoms with E-state index in [4.69, 9.17) is 0 Å². The largest absolute Gasteiger partial charge is 0.333 e. The highest BCUT2D eigenvalue weighted by molar-refractivity contribution is 5.85. The van der Waals surface area contributed by atoms with E-state index in [0.717, 1.165) is 0 Å². The fraction of sp³-hybridized carbons (Fsp3) is 0.571. The zero-order valence-electron chi connectivity index (χ0n) is 5.98. The van der Waals surface area contributed by atoms with Gasteiger partial charge in [0.1, 0.15) is 5.78 Å². The van der Waals surface area contributed by atoms with Crippen LogP contribution >= 0.6 is 0 Å². The standard InChI is InChI=1S/C6H8O.CH5N/c1-5-2-3-6(7)4-5;1-2/h2H,3-4H2,1H3;2H2,1H3. The molecule has 0 saturated carbocycles. The first-order valence-electron chi connectivity index (χ1n) is 3.04. The van der Waals surface area contributed by atoms with Gasteiger partial charge in [-0.05, 0) is 14.0 Å². The Morgan fingerprint density at radius 1 is 1.56 bits per heavy atom. The van der Waals surface area contributed by atoms with Crippen LogP contribution in [0.2, 0.25) is 0 Å². The molecule has 0 aromatic carbocycles. The number of carbonyl (C=O) groups is 1. The SMILES string of the molecule is CC1=CCC(=O)C1.CN. The highest BCUT2D eigenvalue weighted by Gasteiger charge is 2.06.